The molecule has 1 amide bonds. The first-order chi connectivity index (χ1) is 11.8. The number of hydrogen-bond donors (Lipinski definition) is 2. The number of carbonyl (C=O) groups excluding carboxylic acids is 1. The molecule has 0 aromatic heterocycles. The average Bonchev–Trinajstić information content (AvgIpc) is 2.55. The Bertz CT molecular complexity index is 849. The van der Waals surface area contributed by atoms with Gasteiger partial charge in [0.05, 0.1) is 21.2 Å². The van der Waals surface area contributed by atoms with Gasteiger partial charge >= 0.3 is 0 Å². The summed E-state index contributed by atoms with van der Waals surface area (Å²) in [7, 11) is -3.71. The molecule has 0 unspecified atom stereocenters. The standard InChI is InChI=1S/C18H21ClN2O3S/c1-3-4-11-20-18(22)16-10-7-14(12-17(16)19)21-25(23,24)15-8-5-13(2)6-9-15/h5-10,12,21H,3-4,11H2,1-2H3,(H,20,22). The van der Waals surface area contributed by atoms with Crippen LogP contribution in [0.1, 0.15) is 35.7 Å². The molecule has 0 saturated carbocycles. The topological polar surface area (TPSA) is 75.3 Å². The Hall–Kier alpha value is -2.05. The monoisotopic (exact) mass is 380 g/mol. The predicted molar refractivity (Wildman–Crippen MR) is 101 cm³/mol. The van der Waals surface area contributed by atoms with Crippen molar-refractivity contribution in [2.75, 3.05) is 11.3 Å². The summed E-state index contributed by atoms with van der Waals surface area (Å²) >= 11 is 6.14. The lowest BCUT2D eigenvalue weighted by Gasteiger charge is -2.11. The second kappa shape index (κ2) is 8.36. The Morgan fingerprint density at radius 1 is 1.12 bits per heavy atom. The fraction of sp³-hybridized carbons (Fsp3) is 0.278. The molecule has 2 N–H and O–H groups in total. The number of unbranched alkanes of at least 4 members (excludes halogenated alkanes) is 1. The van der Waals surface area contributed by atoms with Crippen LogP contribution in [0.3, 0.4) is 0 Å². The number of aryl methyl sites for hydroxylation is 1. The zero-order chi connectivity index (χ0) is 18.4. The van der Waals surface area contributed by atoms with Gasteiger partial charge in [-0.1, -0.05) is 42.6 Å². The van der Waals surface area contributed by atoms with Crippen LogP contribution in [0.5, 0.6) is 0 Å². The van der Waals surface area contributed by atoms with Gasteiger partial charge in [0.1, 0.15) is 0 Å². The highest BCUT2D eigenvalue weighted by Crippen LogP contribution is 2.23. The second-order valence-corrected chi connectivity index (χ2v) is 7.81. The summed E-state index contributed by atoms with van der Waals surface area (Å²) in [6, 6.07) is 11.0. The molecule has 0 aliphatic heterocycles. The normalized spacial score (nSPS) is 11.2. The molecule has 2 rings (SSSR count). The number of sulfonamides is 1. The summed E-state index contributed by atoms with van der Waals surface area (Å²) < 4.78 is 27.2. The molecule has 0 saturated heterocycles. The molecule has 0 aliphatic carbocycles. The van der Waals surface area contributed by atoms with E-state index in [1.807, 2.05) is 13.8 Å². The number of halogens is 1. The SMILES string of the molecule is CCCCNC(=O)c1ccc(NS(=O)(=O)c2ccc(C)cc2)cc1Cl. The number of carbonyl (C=O) groups is 1. The first kappa shape index (κ1) is 19.3. The Labute approximate surface area is 153 Å². The lowest BCUT2D eigenvalue weighted by Crippen LogP contribution is -2.24. The highest BCUT2D eigenvalue weighted by molar-refractivity contribution is 7.92. The predicted octanol–water partition coefficient (Wildman–Crippen LogP) is 3.98. The molecular formula is C18H21ClN2O3S. The van der Waals surface area contributed by atoms with E-state index >= 15 is 0 Å². The van der Waals surface area contributed by atoms with E-state index in [-0.39, 0.29) is 15.8 Å². The van der Waals surface area contributed by atoms with E-state index in [2.05, 4.69) is 10.0 Å². The minimum Gasteiger partial charge on any atom is -0.352 e. The van der Waals surface area contributed by atoms with Crippen LogP contribution < -0.4 is 10.0 Å². The van der Waals surface area contributed by atoms with E-state index in [4.69, 9.17) is 11.6 Å². The third-order valence-corrected chi connectivity index (χ3v) is 5.32. The van der Waals surface area contributed by atoms with Crippen molar-refractivity contribution in [3.05, 3.63) is 58.6 Å². The lowest BCUT2D eigenvalue weighted by molar-refractivity contribution is 0.0953. The van der Waals surface area contributed by atoms with E-state index in [0.717, 1.165) is 18.4 Å². The first-order valence-electron chi connectivity index (χ1n) is 8.00. The maximum Gasteiger partial charge on any atom is 0.261 e. The third kappa shape index (κ3) is 5.21. The van der Waals surface area contributed by atoms with Crippen LogP contribution in [0.2, 0.25) is 5.02 Å². The molecular weight excluding hydrogens is 360 g/mol. The summed E-state index contributed by atoms with van der Waals surface area (Å²) in [5.74, 6) is -0.272. The summed E-state index contributed by atoms with van der Waals surface area (Å²) in [5, 5.41) is 2.97. The highest BCUT2D eigenvalue weighted by Gasteiger charge is 2.16. The van der Waals surface area contributed by atoms with Gasteiger partial charge in [0, 0.05) is 6.54 Å². The van der Waals surface area contributed by atoms with Crippen LogP contribution in [0.15, 0.2) is 47.4 Å². The molecule has 0 radical (unpaired) electrons. The minimum absolute atomic E-state index is 0.163. The summed E-state index contributed by atoms with van der Waals surface area (Å²) in [6.45, 7) is 4.50. The van der Waals surface area contributed by atoms with Gasteiger partial charge in [0.2, 0.25) is 0 Å². The Morgan fingerprint density at radius 3 is 2.40 bits per heavy atom. The fourth-order valence-corrected chi connectivity index (χ4v) is 3.48. The number of benzene rings is 2. The van der Waals surface area contributed by atoms with Crippen molar-refractivity contribution in [3.63, 3.8) is 0 Å². The van der Waals surface area contributed by atoms with Crippen LogP contribution >= 0.6 is 11.6 Å². The van der Waals surface area contributed by atoms with E-state index in [1.165, 1.54) is 30.3 Å². The quantitative estimate of drug-likeness (QED) is 0.713. The Balaban J connectivity index is 2.14. The number of nitrogens with one attached hydrogen (secondary N) is 2. The lowest BCUT2D eigenvalue weighted by atomic mass is 10.2. The molecule has 0 bridgehead atoms. The molecule has 7 heteroatoms. The van der Waals surface area contributed by atoms with Crippen LogP contribution in [0, 0.1) is 6.92 Å². The van der Waals surface area contributed by atoms with Crippen molar-refractivity contribution >= 4 is 33.2 Å². The number of hydrogen-bond acceptors (Lipinski definition) is 3. The maximum atomic E-state index is 12.4. The zero-order valence-corrected chi connectivity index (χ0v) is 15.7. The molecule has 25 heavy (non-hydrogen) atoms. The minimum atomic E-state index is -3.71. The summed E-state index contributed by atoms with van der Waals surface area (Å²) in [4.78, 5) is 12.2. The number of amides is 1. The summed E-state index contributed by atoms with van der Waals surface area (Å²) in [5.41, 5.74) is 1.59. The van der Waals surface area contributed by atoms with Gasteiger partial charge < -0.3 is 5.32 Å². The largest absolute Gasteiger partial charge is 0.352 e. The maximum absolute atomic E-state index is 12.4. The second-order valence-electron chi connectivity index (χ2n) is 5.72. The van der Waals surface area contributed by atoms with Gasteiger partial charge in [-0.2, -0.15) is 0 Å². The summed E-state index contributed by atoms with van der Waals surface area (Å²) in [6.07, 6.45) is 1.87. The van der Waals surface area contributed by atoms with Crippen molar-refractivity contribution in [2.24, 2.45) is 0 Å². The van der Waals surface area contributed by atoms with Crippen molar-refractivity contribution in [2.45, 2.75) is 31.6 Å². The van der Waals surface area contributed by atoms with E-state index in [1.54, 1.807) is 12.1 Å². The molecule has 0 fully saturated rings. The highest BCUT2D eigenvalue weighted by atomic mass is 35.5. The molecule has 2 aromatic carbocycles. The van der Waals surface area contributed by atoms with Gasteiger partial charge in [-0.25, -0.2) is 8.42 Å². The third-order valence-electron chi connectivity index (χ3n) is 3.61. The molecule has 0 aliphatic rings. The molecule has 5 nitrogen and oxygen atoms in total. The van der Waals surface area contributed by atoms with Crippen LogP contribution in [-0.4, -0.2) is 20.9 Å². The number of rotatable bonds is 7. The smallest absolute Gasteiger partial charge is 0.261 e. The molecule has 2 aromatic rings. The molecule has 0 spiro atoms. The molecule has 0 atom stereocenters. The molecule has 134 valence electrons. The van der Waals surface area contributed by atoms with Crippen molar-refractivity contribution in [1.82, 2.24) is 5.32 Å². The Kier molecular flexibility index (Phi) is 6.45. The van der Waals surface area contributed by atoms with E-state index < -0.39 is 10.0 Å². The van der Waals surface area contributed by atoms with Gasteiger partial charge in [-0.15, -0.1) is 0 Å². The van der Waals surface area contributed by atoms with Gasteiger partial charge in [-0.05, 0) is 43.7 Å². The van der Waals surface area contributed by atoms with E-state index in [9.17, 15) is 13.2 Å². The van der Waals surface area contributed by atoms with Crippen LogP contribution in [0.4, 0.5) is 5.69 Å². The zero-order valence-electron chi connectivity index (χ0n) is 14.2. The van der Waals surface area contributed by atoms with Gasteiger partial charge in [0.15, 0.2) is 0 Å². The first-order valence-corrected chi connectivity index (χ1v) is 9.87. The average molecular weight is 381 g/mol. The van der Waals surface area contributed by atoms with Crippen molar-refractivity contribution < 1.29 is 13.2 Å². The van der Waals surface area contributed by atoms with Gasteiger partial charge in [-0.3, -0.25) is 9.52 Å². The van der Waals surface area contributed by atoms with Gasteiger partial charge in [0.25, 0.3) is 15.9 Å². The van der Waals surface area contributed by atoms with E-state index in [0.29, 0.717) is 17.8 Å². The fourth-order valence-electron chi connectivity index (χ4n) is 2.17. The van der Waals surface area contributed by atoms with Crippen molar-refractivity contribution in [1.29, 1.82) is 0 Å². The van der Waals surface area contributed by atoms with Crippen molar-refractivity contribution in [3.8, 4) is 0 Å². The van der Waals surface area contributed by atoms with Crippen LogP contribution in [0.25, 0.3) is 0 Å². The Morgan fingerprint density at radius 2 is 1.80 bits per heavy atom. The number of anilines is 1. The van der Waals surface area contributed by atoms with Crippen LogP contribution in [-0.2, 0) is 10.0 Å². The molecule has 0 heterocycles.